The van der Waals surface area contributed by atoms with Crippen molar-refractivity contribution in [3.8, 4) is 0 Å². The number of rotatable bonds is 5. The lowest BCUT2D eigenvalue weighted by atomic mass is 10.0. The normalized spacial score (nSPS) is 13.0. The van der Waals surface area contributed by atoms with E-state index in [1.54, 1.807) is 26.8 Å². The van der Waals surface area contributed by atoms with Crippen LogP contribution in [0, 0.1) is 0 Å². The molecule has 0 unspecified atom stereocenters. The highest BCUT2D eigenvalue weighted by molar-refractivity contribution is 6.06. The van der Waals surface area contributed by atoms with Gasteiger partial charge < -0.3 is 14.8 Å². The average Bonchev–Trinajstić information content (AvgIpc) is 3.02. The summed E-state index contributed by atoms with van der Waals surface area (Å²) in [6.45, 7) is 6.06. The van der Waals surface area contributed by atoms with Gasteiger partial charge in [-0.25, -0.2) is 14.5 Å². The van der Waals surface area contributed by atoms with E-state index in [0.717, 1.165) is 21.6 Å². The van der Waals surface area contributed by atoms with E-state index < -0.39 is 17.8 Å². The van der Waals surface area contributed by atoms with Crippen LogP contribution in [0.1, 0.15) is 47.8 Å². The monoisotopic (exact) mass is 410 g/mol. The molecule has 3 rings (SSSR count). The Labute approximate surface area is 176 Å². The number of hydrogen-bond acceptors (Lipinski definition) is 5. The van der Waals surface area contributed by atoms with Crippen molar-refractivity contribution in [3.05, 3.63) is 70.8 Å². The molecule has 0 fully saturated rings. The Kier molecular flexibility index (Phi) is 6.40. The minimum absolute atomic E-state index is 0.202. The third-order valence-corrected chi connectivity index (χ3v) is 4.49. The summed E-state index contributed by atoms with van der Waals surface area (Å²) in [5.74, 6) is -0.365. The van der Waals surface area contributed by atoms with Crippen LogP contribution in [0.15, 0.2) is 48.5 Å². The largest absolute Gasteiger partial charge is 0.445 e. The van der Waals surface area contributed by atoms with Crippen LogP contribution >= 0.6 is 0 Å². The molecule has 0 aromatic heterocycles. The predicted octanol–water partition coefficient (Wildman–Crippen LogP) is 4.05. The predicted molar refractivity (Wildman–Crippen MR) is 111 cm³/mol. The Bertz CT molecular complexity index is 934. The highest BCUT2D eigenvalue weighted by Gasteiger charge is 2.35. The number of ether oxygens (including phenoxy) is 2. The third-order valence-electron chi connectivity index (χ3n) is 4.49. The zero-order valence-electron chi connectivity index (χ0n) is 17.4. The number of carbonyl (C=O) groups is 3. The van der Waals surface area contributed by atoms with Crippen molar-refractivity contribution in [2.24, 2.45) is 0 Å². The quantitative estimate of drug-likeness (QED) is 0.804. The first kappa shape index (κ1) is 21.4. The van der Waals surface area contributed by atoms with Crippen LogP contribution in [0.5, 0.6) is 0 Å². The molecule has 7 nitrogen and oxygen atoms in total. The standard InChI is InChI=1S/C23H26N2O5/c1-23(2,3)30-22(28)25-14-18-10-9-16(13-19(18)20(25)26)11-12-24-21(27)29-15-17-7-5-4-6-8-17/h4-10,13H,11-12,14-15H2,1-3H3,(H,24,27). The summed E-state index contributed by atoms with van der Waals surface area (Å²) in [5, 5.41) is 2.70. The van der Waals surface area contributed by atoms with Gasteiger partial charge in [0.2, 0.25) is 0 Å². The minimum atomic E-state index is -0.669. The van der Waals surface area contributed by atoms with Gasteiger partial charge in [-0.05, 0) is 49.9 Å². The highest BCUT2D eigenvalue weighted by atomic mass is 16.6. The summed E-state index contributed by atoms with van der Waals surface area (Å²) in [4.78, 5) is 37.8. The maximum absolute atomic E-state index is 12.6. The van der Waals surface area contributed by atoms with Crippen LogP contribution in [0.25, 0.3) is 0 Å². The van der Waals surface area contributed by atoms with Crippen molar-refractivity contribution < 1.29 is 23.9 Å². The number of benzene rings is 2. The van der Waals surface area contributed by atoms with Crippen LogP contribution in [0.2, 0.25) is 0 Å². The fourth-order valence-electron chi connectivity index (χ4n) is 3.05. The summed E-state index contributed by atoms with van der Waals surface area (Å²) in [6, 6.07) is 14.9. The summed E-state index contributed by atoms with van der Waals surface area (Å²) >= 11 is 0. The van der Waals surface area contributed by atoms with Crippen molar-refractivity contribution in [2.75, 3.05) is 6.54 Å². The van der Waals surface area contributed by atoms with Crippen molar-refractivity contribution in [1.29, 1.82) is 0 Å². The van der Waals surface area contributed by atoms with Crippen LogP contribution in [-0.2, 0) is 29.0 Å². The molecule has 0 atom stereocenters. The molecule has 3 amide bonds. The summed E-state index contributed by atoms with van der Waals surface area (Å²) in [6.07, 6.45) is -0.603. The molecule has 30 heavy (non-hydrogen) atoms. The second-order valence-electron chi connectivity index (χ2n) is 8.10. The molecular formula is C23H26N2O5. The van der Waals surface area contributed by atoms with E-state index in [1.165, 1.54) is 0 Å². The van der Waals surface area contributed by atoms with Gasteiger partial charge in [0.05, 0.1) is 6.54 Å². The maximum atomic E-state index is 12.6. The first-order valence-electron chi connectivity index (χ1n) is 9.84. The molecule has 1 aliphatic rings. The van der Waals surface area contributed by atoms with Gasteiger partial charge in [0, 0.05) is 12.1 Å². The number of nitrogens with zero attached hydrogens (tertiary/aromatic N) is 1. The van der Waals surface area contributed by atoms with E-state index >= 15 is 0 Å². The molecule has 2 aromatic carbocycles. The zero-order chi connectivity index (χ0) is 21.7. The Balaban J connectivity index is 1.50. The zero-order valence-corrected chi connectivity index (χ0v) is 17.4. The average molecular weight is 410 g/mol. The van der Waals surface area contributed by atoms with Gasteiger partial charge in [-0.3, -0.25) is 4.79 Å². The van der Waals surface area contributed by atoms with Crippen LogP contribution < -0.4 is 5.32 Å². The lowest BCUT2D eigenvalue weighted by molar-refractivity contribution is 0.0248. The Morgan fingerprint density at radius 3 is 2.50 bits per heavy atom. The van der Waals surface area contributed by atoms with E-state index in [0.29, 0.717) is 18.5 Å². The molecule has 1 N–H and O–H groups in total. The number of fused-ring (bicyclic) bond motifs is 1. The number of imide groups is 1. The van der Waals surface area contributed by atoms with E-state index in [-0.39, 0.29) is 19.1 Å². The van der Waals surface area contributed by atoms with E-state index in [9.17, 15) is 14.4 Å². The Hall–Kier alpha value is -3.35. The number of amides is 3. The van der Waals surface area contributed by atoms with Gasteiger partial charge in [0.25, 0.3) is 5.91 Å². The maximum Gasteiger partial charge on any atom is 0.417 e. The van der Waals surface area contributed by atoms with Crippen LogP contribution in [-0.4, -0.2) is 35.1 Å². The van der Waals surface area contributed by atoms with E-state index in [1.807, 2.05) is 42.5 Å². The van der Waals surface area contributed by atoms with Gasteiger partial charge in [0.1, 0.15) is 12.2 Å². The van der Waals surface area contributed by atoms with Gasteiger partial charge in [-0.15, -0.1) is 0 Å². The van der Waals surface area contributed by atoms with Crippen molar-refractivity contribution in [1.82, 2.24) is 10.2 Å². The van der Waals surface area contributed by atoms with Gasteiger partial charge >= 0.3 is 12.2 Å². The molecule has 0 bridgehead atoms. The van der Waals surface area contributed by atoms with Crippen molar-refractivity contribution in [3.63, 3.8) is 0 Å². The lowest BCUT2D eigenvalue weighted by Crippen LogP contribution is -2.36. The van der Waals surface area contributed by atoms with Gasteiger partial charge in [-0.2, -0.15) is 0 Å². The van der Waals surface area contributed by atoms with Gasteiger partial charge in [-0.1, -0.05) is 42.5 Å². The molecule has 1 aliphatic heterocycles. The fraction of sp³-hybridized carbons (Fsp3) is 0.348. The fourth-order valence-corrected chi connectivity index (χ4v) is 3.05. The molecular weight excluding hydrogens is 384 g/mol. The van der Waals surface area contributed by atoms with E-state index in [2.05, 4.69) is 5.32 Å². The van der Waals surface area contributed by atoms with Crippen LogP contribution in [0.4, 0.5) is 9.59 Å². The molecule has 0 saturated carbocycles. The third kappa shape index (κ3) is 5.59. The molecule has 0 saturated heterocycles. The SMILES string of the molecule is CC(C)(C)OC(=O)N1Cc2ccc(CCNC(=O)OCc3ccccc3)cc2C1=O. The lowest BCUT2D eigenvalue weighted by Gasteiger charge is -2.23. The molecule has 7 heteroatoms. The van der Waals surface area contributed by atoms with E-state index in [4.69, 9.17) is 9.47 Å². The molecule has 0 radical (unpaired) electrons. The summed E-state index contributed by atoms with van der Waals surface area (Å²) in [5.41, 5.74) is 2.41. The number of nitrogens with one attached hydrogen (secondary N) is 1. The van der Waals surface area contributed by atoms with Crippen molar-refractivity contribution >= 4 is 18.1 Å². The van der Waals surface area contributed by atoms with Crippen molar-refractivity contribution in [2.45, 2.75) is 45.9 Å². The first-order valence-corrected chi connectivity index (χ1v) is 9.84. The first-order chi connectivity index (χ1) is 14.2. The summed E-state index contributed by atoms with van der Waals surface area (Å²) < 4.78 is 10.5. The molecule has 158 valence electrons. The highest BCUT2D eigenvalue weighted by Crippen LogP contribution is 2.26. The summed E-state index contributed by atoms with van der Waals surface area (Å²) in [7, 11) is 0. The molecule has 1 heterocycles. The van der Waals surface area contributed by atoms with Crippen LogP contribution in [0.3, 0.4) is 0 Å². The van der Waals surface area contributed by atoms with Gasteiger partial charge in [0.15, 0.2) is 0 Å². The molecule has 2 aromatic rings. The Morgan fingerprint density at radius 1 is 1.07 bits per heavy atom. The topological polar surface area (TPSA) is 84.9 Å². The Morgan fingerprint density at radius 2 is 1.80 bits per heavy atom. The minimum Gasteiger partial charge on any atom is -0.445 e. The number of hydrogen-bond donors (Lipinski definition) is 1. The molecule has 0 aliphatic carbocycles. The number of alkyl carbamates (subject to hydrolysis) is 1. The molecule has 0 spiro atoms. The second kappa shape index (κ2) is 8.98. The number of carbonyl (C=O) groups excluding carboxylic acids is 3. The second-order valence-corrected chi connectivity index (χ2v) is 8.10. The smallest absolute Gasteiger partial charge is 0.417 e.